The Hall–Kier alpha value is -2.10. The van der Waals surface area contributed by atoms with Gasteiger partial charge in [-0.15, -0.1) is 0 Å². The Morgan fingerprint density at radius 1 is 1.00 bits per heavy atom. The van der Waals surface area contributed by atoms with E-state index < -0.39 is 11.6 Å². The van der Waals surface area contributed by atoms with Crippen molar-refractivity contribution < 1.29 is 8.78 Å². The maximum Gasteiger partial charge on any atom is 0.159 e. The van der Waals surface area contributed by atoms with Crippen LogP contribution in [-0.2, 0) is 6.54 Å². The summed E-state index contributed by atoms with van der Waals surface area (Å²) in [6, 6.07) is 7.69. The Bertz CT molecular complexity index is 609. The first-order chi connectivity index (χ1) is 8.97. The number of nitrogens with two attached hydrogens (primary N) is 1. The molecule has 0 atom stereocenters. The van der Waals surface area contributed by atoms with Crippen LogP contribution in [0.4, 0.5) is 20.2 Å². The number of nitrogen functional groups attached to an aromatic ring is 1. The van der Waals surface area contributed by atoms with E-state index in [0.717, 1.165) is 22.9 Å². The van der Waals surface area contributed by atoms with Gasteiger partial charge in [-0.1, -0.05) is 6.07 Å². The van der Waals surface area contributed by atoms with E-state index in [1.54, 1.807) is 6.07 Å². The third-order valence-electron chi connectivity index (χ3n) is 3.13. The van der Waals surface area contributed by atoms with Crippen molar-refractivity contribution >= 4 is 11.4 Å². The molecule has 100 valence electrons. The van der Waals surface area contributed by atoms with Gasteiger partial charge >= 0.3 is 0 Å². The van der Waals surface area contributed by atoms with Crippen LogP contribution < -0.4 is 11.1 Å². The number of anilines is 2. The molecule has 0 fully saturated rings. The molecule has 0 unspecified atom stereocenters. The fourth-order valence-corrected chi connectivity index (χ4v) is 1.84. The van der Waals surface area contributed by atoms with E-state index in [0.29, 0.717) is 17.8 Å². The number of hydrogen-bond donors (Lipinski definition) is 2. The molecule has 0 aliphatic carbocycles. The number of halogens is 2. The molecular weight excluding hydrogens is 246 g/mol. The summed E-state index contributed by atoms with van der Waals surface area (Å²) in [5, 5.41) is 3.13. The second-order valence-electron chi connectivity index (χ2n) is 4.63. The van der Waals surface area contributed by atoms with Crippen LogP contribution in [0.3, 0.4) is 0 Å². The van der Waals surface area contributed by atoms with Gasteiger partial charge < -0.3 is 11.1 Å². The van der Waals surface area contributed by atoms with E-state index in [9.17, 15) is 8.78 Å². The van der Waals surface area contributed by atoms with Gasteiger partial charge in [-0.05, 0) is 54.8 Å². The summed E-state index contributed by atoms with van der Waals surface area (Å²) < 4.78 is 25.9. The van der Waals surface area contributed by atoms with Gasteiger partial charge in [-0.3, -0.25) is 0 Å². The van der Waals surface area contributed by atoms with Crippen molar-refractivity contribution in [3.05, 3.63) is 58.7 Å². The van der Waals surface area contributed by atoms with E-state index in [1.807, 2.05) is 26.0 Å². The van der Waals surface area contributed by atoms with E-state index in [1.165, 1.54) is 6.07 Å². The van der Waals surface area contributed by atoms with Crippen molar-refractivity contribution in [3.63, 3.8) is 0 Å². The highest BCUT2D eigenvalue weighted by atomic mass is 19.2. The van der Waals surface area contributed by atoms with Crippen LogP contribution in [0.5, 0.6) is 0 Å². The highest BCUT2D eigenvalue weighted by molar-refractivity contribution is 5.68. The zero-order valence-corrected chi connectivity index (χ0v) is 10.9. The Morgan fingerprint density at radius 3 is 2.37 bits per heavy atom. The van der Waals surface area contributed by atoms with Crippen molar-refractivity contribution in [2.45, 2.75) is 20.4 Å². The lowest BCUT2D eigenvalue weighted by molar-refractivity contribution is 0.507. The van der Waals surface area contributed by atoms with E-state index >= 15 is 0 Å². The topological polar surface area (TPSA) is 38.0 Å². The van der Waals surface area contributed by atoms with Gasteiger partial charge in [0.1, 0.15) is 0 Å². The second kappa shape index (κ2) is 5.26. The summed E-state index contributed by atoms with van der Waals surface area (Å²) in [7, 11) is 0. The molecule has 0 radical (unpaired) electrons. The minimum atomic E-state index is -0.840. The highest BCUT2D eigenvalue weighted by Gasteiger charge is 2.05. The van der Waals surface area contributed by atoms with Gasteiger partial charge in [0.15, 0.2) is 11.6 Å². The summed E-state index contributed by atoms with van der Waals surface area (Å²) in [5.74, 6) is -1.68. The number of aryl methyl sites for hydroxylation is 2. The molecule has 0 aliphatic rings. The molecule has 0 saturated carbocycles. The van der Waals surface area contributed by atoms with Crippen LogP contribution in [0, 0.1) is 25.5 Å². The minimum absolute atomic E-state index is 0.393. The van der Waals surface area contributed by atoms with Crippen molar-refractivity contribution in [1.29, 1.82) is 0 Å². The largest absolute Gasteiger partial charge is 0.397 e. The van der Waals surface area contributed by atoms with Crippen LogP contribution in [0.1, 0.15) is 16.7 Å². The van der Waals surface area contributed by atoms with E-state index in [2.05, 4.69) is 5.32 Å². The third kappa shape index (κ3) is 3.02. The van der Waals surface area contributed by atoms with Crippen molar-refractivity contribution in [1.82, 2.24) is 0 Å². The Kier molecular flexibility index (Phi) is 3.69. The molecule has 2 rings (SSSR count). The number of rotatable bonds is 3. The maximum atomic E-state index is 13.1. The summed E-state index contributed by atoms with van der Waals surface area (Å²) >= 11 is 0. The summed E-state index contributed by atoms with van der Waals surface area (Å²) in [6.45, 7) is 4.38. The van der Waals surface area contributed by atoms with E-state index in [4.69, 9.17) is 5.73 Å². The molecule has 4 heteroatoms. The molecule has 0 spiro atoms. The first-order valence-electron chi connectivity index (χ1n) is 6.02. The van der Waals surface area contributed by atoms with Gasteiger partial charge in [0.05, 0.1) is 11.4 Å². The first kappa shape index (κ1) is 13.3. The van der Waals surface area contributed by atoms with Gasteiger partial charge in [0, 0.05) is 6.54 Å². The number of hydrogen-bond acceptors (Lipinski definition) is 2. The molecular formula is C15H16F2N2. The number of nitrogens with one attached hydrogen (secondary N) is 1. The van der Waals surface area contributed by atoms with Gasteiger partial charge in [-0.2, -0.15) is 0 Å². The van der Waals surface area contributed by atoms with Crippen LogP contribution in [-0.4, -0.2) is 0 Å². The highest BCUT2D eigenvalue weighted by Crippen LogP contribution is 2.23. The Morgan fingerprint density at radius 2 is 1.68 bits per heavy atom. The number of benzene rings is 2. The van der Waals surface area contributed by atoms with Crippen molar-refractivity contribution in [2.24, 2.45) is 0 Å². The second-order valence-corrected chi connectivity index (χ2v) is 4.63. The van der Waals surface area contributed by atoms with Crippen LogP contribution >= 0.6 is 0 Å². The lowest BCUT2D eigenvalue weighted by Crippen LogP contribution is -2.04. The SMILES string of the molecule is Cc1cc(N)c(NCc2ccc(F)c(F)c2)cc1C. The third-order valence-corrected chi connectivity index (χ3v) is 3.13. The summed E-state index contributed by atoms with van der Waals surface area (Å²) in [4.78, 5) is 0. The van der Waals surface area contributed by atoms with Crippen molar-refractivity contribution in [3.8, 4) is 0 Å². The average Bonchev–Trinajstić information content (AvgIpc) is 2.36. The standard InChI is InChI=1S/C15H16F2N2/c1-9-5-14(18)15(6-10(9)2)19-8-11-3-4-12(16)13(17)7-11/h3-7,19H,8,18H2,1-2H3. The quantitative estimate of drug-likeness (QED) is 0.826. The zero-order chi connectivity index (χ0) is 14.0. The molecule has 0 saturated heterocycles. The van der Waals surface area contributed by atoms with Gasteiger partial charge in [0.2, 0.25) is 0 Å². The lowest BCUT2D eigenvalue weighted by Gasteiger charge is -2.12. The molecule has 2 nitrogen and oxygen atoms in total. The molecule has 0 heterocycles. The molecule has 3 N–H and O–H groups in total. The predicted octanol–water partition coefficient (Wildman–Crippen LogP) is 3.78. The molecule has 2 aromatic carbocycles. The molecule has 0 aromatic heterocycles. The minimum Gasteiger partial charge on any atom is -0.397 e. The fraction of sp³-hybridized carbons (Fsp3) is 0.200. The monoisotopic (exact) mass is 262 g/mol. The lowest BCUT2D eigenvalue weighted by atomic mass is 10.1. The normalized spacial score (nSPS) is 10.5. The molecule has 2 aromatic rings. The fourth-order valence-electron chi connectivity index (χ4n) is 1.84. The molecule has 0 amide bonds. The Labute approximate surface area is 111 Å². The molecule has 0 aliphatic heterocycles. The maximum absolute atomic E-state index is 13.1. The Balaban J connectivity index is 2.14. The van der Waals surface area contributed by atoms with Crippen LogP contribution in [0.2, 0.25) is 0 Å². The predicted molar refractivity (Wildman–Crippen MR) is 74.0 cm³/mol. The van der Waals surface area contributed by atoms with Crippen LogP contribution in [0.25, 0.3) is 0 Å². The first-order valence-corrected chi connectivity index (χ1v) is 6.02. The molecule has 0 bridgehead atoms. The van der Waals surface area contributed by atoms with Crippen LogP contribution in [0.15, 0.2) is 30.3 Å². The van der Waals surface area contributed by atoms with Gasteiger partial charge in [-0.25, -0.2) is 8.78 Å². The molecule has 19 heavy (non-hydrogen) atoms. The van der Waals surface area contributed by atoms with Crippen molar-refractivity contribution in [2.75, 3.05) is 11.1 Å². The smallest absolute Gasteiger partial charge is 0.159 e. The zero-order valence-electron chi connectivity index (χ0n) is 10.9. The van der Waals surface area contributed by atoms with Gasteiger partial charge in [0.25, 0.3) is 0 Å². The average molecular weight is 262 g/mol. The summed E-state index contributed by atoms with van der Waals surface area (Å²) in [5.41, 5.74) is 10.3. The summed E-state index contributed by atoms with van der Waals surface area (Å²) in [6.07, 6.45) is 0. The van der Waals surface area contributed by atoms with E-state index in [-0.39, 0.29) is 0 Å².